The number of carbonyl (C=O) groups is 1. The van der Waals surface area contributed by atoms with Crippen LogP contribution in [0.15, 0.2) is 0 Å². The maximum Gasteiger partial charge on any atom is 0.323 e. The standard InChI is InChI=1S/C11H23NO3/c1-8(2)6-11(5,9(14)15)12-10(3,4)7-13/h8,12-13H,6-7H2,1-5H3,(H,14,15). The Hall–Kier alpha value is -0.610. The van der Waals surface area contributed by atoms with Gasteiger partial charge in [0.1, 0.15) is 5.54 Å². The van der Waals surface area contributed by atoms with Crippen molar-refractivity contribution in [1.82, 2.24) is 5.32 Å². The van der Waals surface area contributed by atoms with Gasteiger partial charge in [-0.2, -0.15) is 0 Å². The normalized spacial score (nSPS) is 16.5. The summed E-state index contributed by atoms with van der Waals surface area (Å²) < 4.78 is 0. The summed E-state index contributed by atoms with van der Waals surface area (Å²) in [7, 11) is 0. The fourth-order valence-corrected chi connectivity index (χ4v) is 1.79. The molecule has 0 aromatic heterocycles. The van der Waals surface area contributed by atoms with Crippen molar-refractivity contribution in [3.63, 3.8) is 0 Å². The van der Waals surface area contributed by atoms with Crippen molar-refractivity contribution in [2.75, 3.05) is 6.61 Å². The van der Waals surface area contributed by atoms with Crippen molar-refractivity contribution in [1.29, 1.82) is 0 Å². The van der Waals surface area contributed by atoms with Crippen LogP contribution in [0.25, 0.3) is 0 Å². The number of carboxylic acid groups (broad SMARTS) is 1. The lowest BCUT2D eigenvalue weighted by molar-refractivity contribution is -0.146. The molecular formula is C11H23NO3. The fourth-order valence-electron chi connectivity index (χ4n) is 1.79. The highest BCUT2D eigenvalue weighted by Crippen LogP contribution is 2.20. The smallest absolute Gasteiger partial charge is 0.323 e. The van der Waals surface area contributed by atoms with Crippen molar-refractivity contribution < 1.29 is 15.0 Å². The Morgan fingerprint density at radius 2 is 1.80 bits per heavy atom. The molecule has 0 aliphatic heterocycles. The van der Waals surface area contributed by atoms with Crippen LogP contribution in [0, 0.1) is 5.92 Å². The number of hydrogen-bond donors (Lipinski definition) is 3. The molecule has 0 radical (unpaired) electrons. The monoisotopic (exact) mass is 217 g/mol. The Morgan fingerprint density at radius 3 is 2.07 bits per heavy atom. The molecule has 0 aromatic carbocycles. The molecule has 4 nitrogen and oxygen atoms in total. The van der Waals surface area contributed by atoms with Gasteiger partial charge in [0.25, 0.3) is 0 Å². The second-order valence-electron chi connectivity index (χ2n) is 5.40. The summed E-state index contributed by atoms with van der Waals surface area (Å²) in [5, 5.41) is 21.3. The van der Waals surface area contributed by atoms with E-state index < -0.39 is 17.0 Å². The van der Waals surface area contributed by atoms with E-state index in [2.05, 4.69) is 5.32 Å². The number of carboxylic acids is 1. The number of rotatable bonds is 6. The number of hydrogen-bond acceptors (Lipinski definition) is 3. The molecule has 0 aliphatic carbocycles. The van der Waals surface area contributed by atoms with Gasteiger partial charge in [-0.15, -0.1) is 0 Å². The maximum absolute atomic E-state index is 11.2. The highest BCUT2D eigenvalue weighted by molar-refractivity contribution is 5.78. The number of aliphatic hydroxyl groups is 1. The van der Waals surface area contributed by atoms with Gasteiger partial charge in [0.05, 0.1) is 6.61 Å². The molecule has 15 heavy (non-hydrogen) atoms. The Balaban J connectivity index is 4.73. The third-order valence-electron chi connectivity index (χ3n) is 2.30. The van der Waals surface area contributed by atoms with Crippen LogP contribution in [0.5, 0.6) is 0 Å². The molecule has 0 spiro atoms. The second-order valence-corrected chi connectivity index (χ2v) is 5.40. The van der Waals surface area contributed by atoms with Crippen LogP contribution in [-0.2, 0) is 4.79 Å². The van der Waals surface area contributed by atoms with E-state index in [1.807, 2.05) is 13.8 Å². The van der Waals surface area contributed by atoms with E-state index in [-0.39, 0.29) is 12.5 Å². The Bertz CT molecular complexity index is 226. The highest BCUT2D eigenvalue weighted by atomic mass is 16.4. The zero-order valence-electron chi connectivity index (χ0n) is 10.3. The van der Waals surface area contributed by atoms with Crippen LogP contribution in [-0.4, -0.2) is 33.9 Å². The molecule has 1 unspecified atom stereocenters. The molecule has 0 aromatic rings. The third-order valence-corrected chi connectivity index (χ3v) is 2.30. The van der Waals surface area contributed by atoms with Gasteiger partial charge in [-0.25, -0.2) is 0 Å². The van der Waals surface area contributed by atoms with Crippen LogP contribution in [0.4, 0.5) is 0 Å². The number of aliphatic hydroxyl groups excluding tert-OH is 1. The van der Waals surface area contributed by atoms with Gasteiger partial charge in [0.15, 0.2) is 0 Å². The SMILES string of the molecule is CC(C)CC(C)(NC(C)(C)CO)C(=O)O. The third kappa shape index (κ3) is 4.62. The van der Waals surface area contributed by atoms with Gasteiger partial charge in [-0.3, -0.25) is 10.1 Å². The molecule has 90 valence electrons. The zero-order chi connectivity index (χ0) is 12.3. The topological polar surface area (TPSA) is 69.6 Å². The van der Waals surface area contributed by atoms with Gasteiger partial charge in [-0.05, 0) is 33.1 Å². The molecule has 0 heterocycles. The fraction of sp³-hybridized carbons (Fsp3) is 0.909. The van der Waals surface area contributed by atoms with Crippen molar-refractivity contribution in [3.05, 3.63) is 0 Å². The summed E-state index contributed by atoms with van der Waals surface area (Å²) in [6, 6.07) is 0. The lowest BCUT2D eigenvalue weighted by Gasteiger charge is -2.36. The molecule has 0 fully saturated rings. The Morgan fingerprint density at radius 1 is 1.33 bits per heavy atom. The average molecular weight is 217 g/mol. The van der Waals surface area contributed by atoms with Gasteiger partial charge < -0.3 is 10.2 Å². The molecule has 3 N–H and O–H groups in total. The lowest BCUT2D eigenvalue weighted by Crippen LogP contribution is -2.60. The molecule has 0 saturated carbocycles. The van der Waals surface area contributed by atoms with E-state index in [4.69, 9.17) is 5.11 Å². The minimum Gasteiger partial charge on any atom is -0.480 e. The maximum atomic E-state index is 11.2. The van der Waals surface area contributed by atoms with Gasteiger partial charge >= 0.3 is 5.97 Å². The summed E-state index contributed by atoms with van der Waals surface area (Å²) in [5.74, 6) is -0.592. The van der Waals surface area contributed by atoms with E-state index in [1.54, 1.807) is 20.8 Å². The molecule has 0 bridgehead atoms. The van der Waals surface area contributed by atoms with E-state index in [0.29, 0.717) is 6.42 Å². The quantitative estimate of drug-likeness (QED) is 0.626. The van der Waals surface area contributed by atoms with Crippen molar-refractivity contribution in [2.45, 2.75) is 52.1 Å². The predicted molar refractivity (Wildman–Crippen MR) is 59.8 cm³/mol. The minimum atomic E-state index is -0.986. The minimum absolute atomic E-state index is 0.0893. The summed E-state index contributed by atoms with van der Waals surface area (Å²) >= 11 is 0. The van der Waals surface area contributed by atoms with E-state index in [9.17, 15) is 9.90 Å². The van der Waals surface area contributed by atoms with E-state index in [0.717, 1.165) is 0 Å². The van der Waals surface area contributed by atoms with Crippen LogP contribution < -0.4 is 5.32 Å². The summed E-state index contributed by atoms with van der Waals surface area (Å²) in [4.78, 5) is 11.2. The second kappa shape index (κ2) is 4.94. The van der Waals surface area contributed by atoms with Crippen molar-refractivity contribution in [2.24, 2.45) is 5.92 Å². The van der Waals surface area contributed by atoms with E-state index in [1.165, 1.54) is 0 Å². The number of nitrogens with one attached hydrogen (secondary N) is 1. The number of aliphatic carboxylic acids is 1. The van der Waals surface area contributed by atoms with E-state index >= 15 is 0 Å². The lowest BCUT2D eigenvalue weighted by atomic mass is 9.88. The Labute approximate surface area is 91.7 Å². The molecular weight excluding hydrogens is 194 g/mol. The van der Waals surface area contributed by atoms with Crippen LogP contribution in [0.1, 0.15) is 41.0 Å². The first kappa shape index (κ1) is 14.4. The first-order valence-electron chi connectivity index (χ1n) is 5.26. The van der Waals surface area contributed by atoms with Gasteiger partial charge in [0, 0.05) is 5.54 Å². The average Bonchev–Trinajstić information content (AvgIpc) is 2.01. The Kier molecular flexibility index (Phi) is 4.74. The molecule has 1 atom stereocenters. The van der Waals surface area contributed by atoms with Crippen molar-refractivity contribution in [3.8, 4) is 0 Å². The van der Waals surface area contributed by atoms with Crippen molar-refractivity contribution >= 4 is 5.97 Å². The first-order chi connectivity index (χ1) is 6.63. The molecule has 4 heteroatoms. The summed E-state index contributed by atoms with van der Waals surface area (Å²) in [6.45, 7) is 9.10. The zero-order valence-corrected chi connectivity index (χ0v) is 10.3. The highest BCUT2D eigenvalue weighted by Gasteiger charge is 2.38. The molecule has 0 rings (SSSR count). The van der Waals surface area contributed by atoms with Crippen LogP contribution >= 0.6 is 0 Å². The molecule has 0 saturated heterocycles. The van der Waals surface area contributed by atoms with Crippen LogP contribution in [0.3, 0.4) is 0 Å². The summed E-state index contributed by atoms with van der Waals surface area (Å²) in [6.07, 6.45) is 0.533. The van der Waals surface area contributed by atoms with Gasteiger partial charge in [-0.1, -0.05) is 13.8 Å². The van der Waals surface area contributed by atoms with Crippen LogP contribution in [0.2, 0.25) is 0 Å². The molecule has 0 aliphatic rings. The molecule has 0 amide bonds. The first-order valence-corrected chi connectivity index (χ1v) is 5.26. The van der Waals surface area contributed by atoms with Gasteiger partial charge in [0.2, 0.25) is 0 Å². The summed E-state index contributed by atoms with van der Waals surface area (Å²) in [5.41, 5.74) is -1.57. The predicted octanol–water partition coefficient (Wildman–Crippen LogP) is 1.24. The largest absolute Gasteiger partial charge is 0.480 e.